The Morgan fingerprint density at radius 3 is 2.89 bits per heavy atom. The second-order valence-electron chi connectivity index (χ2n) is 4.99. The maximum atomic E-state index is 8.91. The topological polar surface area (TPSA) is 29.5 Å². The molecule has 1 aliphatic rings. The van der Waals surface area contributed by atoms with E-state index in [2.05, 4.69) is 28.2 Å². The van der Waals surface area contributed by atoms with E-state index in [1.807, 2.05) is 12.2 Å². The maximum absolute atomic E-state index is 8.91. The van der Waals surface area contributed by atoms with Crippen molar-refractivity contribution in [2.45, 2.75) is 51.6 Å². The minimum Gasteiger partial charge on any atom is -0.396 e. The first kappa shape index (κ1) is 15.7. The maximum Gasteiger partial charge on any atom is 0.0800 e. The van der Waals surface area contributed by atoms with Crippen molar-refractivity contribution in [3.63, 3.8) is 0 Å². The summed E-state index contributed by atoms with van der Waals surface area (Å²) in [7, 11) is 2.33. The molecule has 0 aliphatic heterocycles. The number of unbranched alkanes of at least 4 members (excludes halogenated alkanes) is 2. The van der Waals surface area contributed by atoms with E-state index in [0.29, 0.717) is 18.4 Å². The molecule has 0 bridgehead atoms. The number of aliphatic hydroxyl groups is 1. The molecule has 2 unspecified atom stereocenters. The lowest BCUT2D eigenvalue weighted by Crippen LogP contribution is -2.02. The molecule has 102 valence electrons. The standard InChI is InChI=1S/C15H25O2P/c1-2-3-5-9-15(17-18)10-7-4-6-8-13-11-14(13)12-16/h7,10,13-16H,2-3,5,8-9,11-12,18H2,1H3/b10-7+/t13-,14-,15?/m0/s1. The van der Waals surface area contributed by atoms with E-state index in [-0.39, 0.29) is 6.10 Å². The average molecular weight is 268 g/mol. The van der Waals surface area contributed by atoms with Gasteiger partial charge in [0.1, 0.15) is 0 Å². The van der Waals surface area contributed by atoms with Crippen LogP contribution in [0.3, 0.4) is 0 Å². The van der Waals surface area contributed by atoms with Crippen LogP contribution in [0.1, 0.15) is 45.4 Å². The average Bonchev–Trinajstić information content (AvgIpc) is 3.15. The van der Waals surface area contributed by atoms with E-state index >= 15 is 0 Å². The molecule has 1 aliphatic carbocycles. The molecule has 1 saturated carbocycles. The van der Waals surface area contributed by atoms with Gasteiger partial charge in [0, 0.05) is 22.5 Å². The third-order valence-electron chi connectivity index (χ3n) is 3.43. The van der Waals surface area contributed by atoms with Crippen LogP contribution in [-0.4, -0.2) is 17.8 Å². The SMILES string of the molecule is CCCCCC(/C=C/C#CC[C@H]1C[C@H]1CO)OP. The van der Waals surface area contributed by atoms with E-state index < -0.39 is 0 Å². The van der Waals surface area contributed by atoms with Crippen LogP contribution >= 0.6 is 9.47 Å². The molecule has 0 amide bonds. The Morgan fingerprint density at radius 2 is 2.28 bits per heavy atom. The van der Waals surface area contributed by atoms with E-state index in [9.17, 15) is 0 Å². The number of hydrogen-bond donors (Lipinski definition) is 1. The van der Waals surface area contributed by atoms with Gasteiger partial charge in [-0.15, -0.1) is 0 Å². The van der Waals surface area contributed by atoms with Gasteiger partial charge in [-0.2, -0.15) is 0 Å². The summed E-state index contributed by atoms with van der Waals surface area (Å²) in [4.78, 5) is 0. The van der Waals surface area contributed by atoms with Gasteiger partial charge in [-0.05, 0) is 36.8 Å². The molecule has 0 saturated heterocycles. The fraction of sp³-hybridized carbons (Fsp3) is 0.733. The summed E-state index contributed by atoms with van der Waals surface area (Å²) < 4.78 is 5.30. The molecule has 2 nitrogen and oxygen atoms in total. The minimum absolute atomic E-state index is 0.168. The Morgan fingerprint density at radius 1 is 1.44 bits per heavy atom. The van der Waals surface area contributed by atoms with Gasteiger partial charge in [-0.1, -0.05) is 38.0 Å². The summed E-state index contributed by atoms with van der Waals surface area (Å²) in [5.41, 5.74) is 0. The normalized spacial score (nSPS) is 23.7. The van der Waals surface area contributed by atoms with Gasteiger partial charge in [0.15, 0.2) is 0 Å². The van der Waals surface area contributed by atoms with Crippen molar-refractivity contribution in [1.29, 1.82) is 0 Å². The summed E-state index contributed by atoms with van der Waals surface area (Å²) in [6, 6.07) is 0. The van der Waals surface area contributed by atoms with Crippen molar-refractivity contribution in [3.05, 3.63) is 12.2 Å². The third kappa shape index (κ3) is 6.55. The van der Waals surface area contributed by atoms with Crippen molar-refractivity contribution in [2.24, 2.45) is 11.8 Å². The summed E-state index contributed by atoms with van der Waals surface area (Å²) in [6.07, 6.45) is 10.9. The lowest BCUT2D eigenvalue weighted by molar-refractivity contribution is 0.269. The highest BCUT2D eigenvalue weighted by molar-refractivity contribution is 7.09. The first-order valence-corrected chi connectivity index (χ1v) is 7.40. The van der Waals surface area contributed by atoms with Gasteiger partial charge in [-0.25, -0.2) is 0 Å². The Bertz CT molecular complexity index is 303. The molecule has 0 radical (unpaired) electrons. The molecule has 1 N–H and O–H groups in total. The first-order valence-electron chi connectivity index (χ1n) is 6.93. The van der Waals surface area contributed by atoms with Crippen LogP contribution in [-0.2, 0) is 4.52 Å². The fourth-order valence-electron chi connectivity index (χ4n) is 1.99. The van der Waals surface area contributed by atoms with Crippen molar-refractivity contribution in [2.75, 3.05) is 6.61 Å². The molecule has 0 heterocycles. The number of allylic oxidation sites excluding steroid dienone is 1. The van der Waals surface area contributed by atoms with Crippen LogP contribution in [0.5, 0.6) is 0 Å². The van der Waals surface area contributed by atoms with E-state index in [1.165, 1.54) is 19.3 Å². The molecule has 0 aromatic carbocycles. The number of aliphatic hydroxyl groups excluding tert-OH is 1. The Balaban J connectivity index is 2.15. The highest BCUT2D eigenvalue weighted by atomic mass is 31.0. The van der Waals surface area contributed by atoms with Crippen molar-refractivity contribution in [3.8, 4) is 11.8 Å². The molecule has 0 spiro atoms. The van der Waals surface area contributed by atoms with Crippen LogP contribution in [0, 0.1) is 23.7 Å². The predicted molar refractivity (Wildman–Crippen MR) is 78.9 cm³/mol. The lowest BCUT2D eigenvalue weighted by Gasteiger charge is -2.08. The molecule has 0 aromatic rings. The first-order chi connectivity index (χ1) is 8.81. The van der Waals surface area contributed by atoms with Crippen LogP contribution in [0.15, 0.2) is 12.2 Å². The molecular weight excluding hydrogens is 243 g/mol. The third-order valence-corrected chi connectivity index (χ3v) is 3.78. The molecule has 4 atom stereocenters. The summed E-state index contributed by atoms with van der Waals surface area (Å²) in [6.45, 7) is 2.53. The van der Waals surface area contributed by atoms with Gasteiger partial charge < -0.3 is 9.63 Å². The van der Waals surface area contributed by atoms with Crippen LogP contribution in [0.2, 0.25) is 0 Å². The second-order valence-corrected chi connectivity index (χ2v) is 5.27. The molecule has 18 heavy (non-hydrogen) atoms. The highest BCUT2D eigenvalue weighted by Crippen LogP contribution is 2.40. The lowest BCUT2D eigenvalue weighted by atomic mass is 10.1. The largest absolute Gasteiger partial charge is 0.396 e. The zero-order chi connectivity index (χ0) is 13.2. The summed E-state index contributed by atoms with van der Waals surface area (Å²) >= 11 is 0. The monoisotopic (exact) mass is 268 g/mol. The van der Waals surface area contributed by atoms with Crippen molar-refractivity contribution in [1.82, 2.24) is 0 Å². The quantitative estimate of drug-likeness (QED) is 0.416. The molecule has 0 aromatic heterocycles. The molecular formula is C15H25O2P. The molecule has 1 fully saturated rings. The van der Waals surface area contributed by atoms with Gasteiger partial charge >= 0.3 is 0 Å². The molecule has 1 rings (SSSR count). The van der Waals surface area contributed by atoms with Gasteiger partial charge in [0.25, 0.3) is 0 Å². The van der Waals surface area contributed by atoms with E-state index in [4.69, 9.17) is 9.63 Å². The zero-order valence-electron chi connectivity index (χ0n) is 11.3. The Hall–Kier alpha value is -0.350. The molecule has 3 heteroatoms. The number of rotatable bonds is 8. The minimum atomic E-state index is 0.168. The van der Waals surface area contributed by atoms with Gasteiger partial charge in [0.2, 0.25) is 0 Å². The van der Waals surface area contributed by atoms with Gasteiger partial charge in [0.05, 0.1) is 6.10 Å². The number of hydrogen-bond acceptors (Lipinski definition) is 2. The van der Waals surface area contributed by atoms with E-state index in [0.717, 1.165) is 19.3 Å². The second kappa shape index (κ2) is 9.56. The fourth-order valence-corrected chi connectivity index (χ4v) is 2.22. The predicted octanol–water partition coefficient (Wildman–Crippen LogP) is 3.32. The zero-order valence-corrected chi connectivity index (χ0v) is 12.4. The van der Waals surface area contributed by atoms with Gasteiger partial charge in [-0.3, -0.25) is 0 Å². The van der Waals surface area contributed by atoms with Crippen LogP contribution in [0.4, 0.5) is 0 Å². The van der Waals surface area contributed by atoms with E-state index in [1.54, 1.807) is 0 Å². The van der Waals surface area contributed by atoms with Crippen molar-refractivity contribution < 1.29 is 9.63 Å². The smallest absolute Gasteiger partial charge is 0.0800 e. The van der Waals surface area contributed by atoms with Crippen molar-refractivity contribution >= 4 is 9.47 Å². The summed E-state index contributed by atoms with van der Waals surface area (Å²) in [5.74, 6) is 7.35. The van der Waals surface area contributed by atoms with Crippen LogP contribution < -0.4 is 0 Å². The highest BCUT2D eigenvalue weighted by Gasteiger charge is 2.35. The summed E-state index contributed by atoms with van der Waals surface area (Å²) in [5, 5.41) is 8.91. The van der Waals surface area contributed by atoms with Crippen LogP contribution in [0.25, 0.3) is 0 Å². The Kier molecular flexibility index (Phi) is 8.34. The Labute approximate surface area is 113 Å².